The minimum Gasteiger partial charge on any atom is -0.307 e. The highest BCUT2D eigenvalue weighted by molar-refractivity contribution is 6.05. The number of non-ortho nitro benzene ring substituents is 1. The Morgan fingerprint density at radius 1 is 1.03 bits per heavy atom. The maximum Gasteiger partial charge on any atom is 0.270 e. The molecule has 0 unspecified atom stereocenters. The van der Waals surface area contributed by atoms with Crippen LogP contribution in [0.4, 0.5) is 11.5 Å². The maximum atomic E-state index is 12.9. The van der Waals surface area contributed by atoms with Crippen molar-refractivity contribution >= 4 is 45.7 Å². The number of rotatable bonds is 6. The van der Waals surface area contributed by atoms with Gasteiger partial charge in [0.1, 0.15) is 23.0 Å². The van der Waals surface area contributed by atoms with Crippen molar-refractivity contribution in [3.63, 3.8) is 0 Å². The lowest BCUT2D eigenvalue weighted by molar-refractivity contribution is -0.384. The molecule has 0 saturated heterocycles. The number of hydrogen-bond acceptors (Lipinski definition) is 6. The number of carbonyl (C=O) groups excluding carboxylic acids is 1. The fourth-order valence-corrected chi connectivity index (χ4v) is 3.93. The molecule has 0 aliphatic heterocycles. The van der Waals surface area contributed by atoms with Crippen LogP contribution in [0.25, 0.3) is 28.3 Å². The number of fused-ring (bicyclic) bond motifs is 2. The van der Waals surface area contributed by atoms with Crippen LogP contribution in [0.3, 0.4) is 0 Å². The number of hydrogen-bond donors (Lipinski definition) is 1. The first-order chi connectivity index (χ1) is 17.5. The van der Waals surface area contributed by atoms with E-state index in [1.165, 1.54) is 24.3 Å². The molecular weight excluding hydrogens is 456 g/mol. The van der Waals surface area contributed by atoms with E-state index < -0.39 is 10.8 Å². The Morgan fingerprint density at radius 2 is 1.75 bits per heavy atom. The summed E-state index contributed by atoms with van der Waals surface area (Å²) in [6.07, 6.45) is 2.74. The van der Waals surface area contributed by atoms with Gasteiger partial charge >= 0.3 is 0 Å². The lowest BCUT2D eigenvalue weighted by Gasteiger charge is -2.11. The summed E-state index contributed by atoms with van der Waals surface area (Å²) in [4.78, 5) is 32.8. The van der Waals surface area contributed by atoms with Gasteiger partial charge in [0, 0.05) is 18.2 Å². The Bertz CT molecular complexity index is 1700. The first-order valence-corrected chi connectivity index (χ1v) is 11.0. The summed E-state index contributed by atoms with van der Waals surface area (Å²) in [6.45, 7) is 0.357. The van der Waals surface area contributed by atoms with Gasteiger partial charge in [0.2, 0.25) is 5.91 Å². The van der Waals surface area contributed by atoms with Crippen molar-refractivity contribution in [2.75, 3.05) is 5.32 Å². The Morgan fingerprint density at radius 3 is 2.47 bits per heavy atom. The van der Waals surface area contributed by atoms with Crippen LogP contribution < -0.4 is 5.32 Å². The zero-order valence-electron chi connectivity index (χ0n) is 18.8. The summed E-state index contributed by atoms with van der Waals surface area (Å²) in [6, 6.07) is 25.1. The maximum absolute atomic E-state index is 12.9. The molecule has 0 bridgehead atoms. The quantitative estimate of drug-likeness (QED) is 0.208. The summed E-state index contributed by atoms with van der Waals surface area (Å²) in [5.74, 6) is -0.222. The number of aromatic nitrogens is 3. The van der Waals surface area contributed by atoms with Crippen molar-refractivity contribution in [3.05, 3.63) is 112 Å². The Kier molecular flexibility index (Phi) is 5.91. The van der Waals surface area contributed by atoms with Crippen molar-refractivity contribution < 1.29 is 9.72 Å². The van der Waals surface area contributed by atoms with Gasteiger partial charge < -0.3 is 9.88 Å². The molecule has 36 heavy (non-hydrogen) atoms. The SMILES string of the molecule is N#Cc1c(NC(=O)/C=C/c2cccc([N+](=O)[O-])c2)n(Cc2ccccc2)c2nc3ccccc3nc12. The molecule has 9 heteroatoms. The van der Waals surface area contributed by atoms with E-state index in [0.717, 1.165) is 5.56 Å². The fraction of sp³-hybridized carbons (Fsp3) is 0.0370. The van der Waals surface area contributed by atoms with Gasteiger partial charge in [-0.3, -0.25) is 14.9 Å². The molecule has 2 aromatic heterocycles. The number of carbonyl (C=O) groups is 1. The van der Waals surface area contributed by atoms with Crippen LogP contribution >= 0.6 is 0 Å². The van der Waals surface area contributed by atoms with E-state index in [0.29, 0.717) is 34.3 Å². The Hall–Kier alpha value is -5.36. The molecule has 0 atom stereocenters. The second-order valence-corrected chi connectivity index (χ2v) is 7.97. The molecule has 9 nitrogen and oxygen atoms in total. The zero-order valence-corrected chi connectivity index (χ0v) is 18.8. The summed E-state index contributed by atoms with van der Waals surface area (Å²) in [5, 5.41) is 23.8. The average Bonchev–Trinajstić information content (AvgIpc) is 3.17. The lowest BCUT2D eigenvalue weighted by atomic mass is 10.2. The van der Waals surface area contributed by atoms with Crippen LogP contribution in [0, 0.1) is 21.4 Å². The fourth-order valence-electron chi connectivity index (χ4n) is 3.93. The van der Waals surface area contributed by atoms with Crippen molar-refractivity contribution in [2.45, 2.75) is 6.54 Å². The summed E-state index contributed by atoms with van der Waals surface area (Å²) < 4.78 is 1.77. The zero-order chi connectivity index (χ0) is 25.1. The number of nitriles is 1. The van der Waals surface area contributed by atoms with Crippen molar-refractivity contribution in [3.8, 4) is 6.07 Å². The van der Waals surface area contributed by atoms with Crippen LogP contribution in [0.1, 0.15) is 16.7 Å². The number of nitro groups is 1. The van der Waals surface area contributed by atoms with E-state index in [1.807, 2.05) is 54.6 Å². The minimum atomic E-state index is -0.500. The predicted octanol–water partition coefficient (Wildman–Crippen LogP) is 5.06. The first-order valence-electron chi connectivity index (χ1n) is 11.0. The van der Waals surface area contributed by atoms with Crippen LogP contribution in [0.5, 0.6) is 0 Å². The molecule has 0 saturated carbocycles. The molecule has 174 valence electrons. The monoisotopic (exact) mass is 474 g/mol. The van der Waals surface area contributed by atoms with Crippen molar-refractivity contribution in [1.82, 2.24) is 14.5 Å². The van der Waals surface area contributed by atoms with Gasteiger partial charge in [-0.25, -0.2) is 9.97 Å². The van der Waals surface area contributed by atoms with Gasteiger partial charge in [-0.1, -0.05) is 54.6 Å². The summed E-state index contributed by atoms with van der Waals surface area (Å²) in [7, 11) is 0. The molecule has 5 rings (SSSR count). The van der Waals surface area contributed by atoms with Gasteiger partial charge in [-0.05, 0) is 29.3 Å². The van der Waals surface area contributed by atoms with Crippen molar-refractivity contribution in [1.29, 1.82) is 5.26 Å². The van der Waals surface area contributed by atoms with E-state index in [-0.39, 0.29) is 17.1 Å². The third kappa shape index (κ3) is 4.38. The smallest absolute Gasteiger partial charge is 0.270 e. The molecule has 2 heterocycles. The molecule has 0 spiro atoms. The lowest BCUT2D eigenvalue weighted by Crippen LogP contribution is -2.14. The van der Waals surface area contributed by atoms with Crippen LogP contribution in [-0.4, -0.2) is 25.4 Å². The average molecular weight is 474 g/mol. The number of nitro benzene ring substituents is 1. The van der Waals surface area contributed by atoms with E-state index in [4.69, 9.17) is 4.98 Å². The molecule has 5 aromatic rings. The van der Waals surface area contributed by atoms with Crippen molar-refractivity contribution in [2.24, 2.45) is 0 Å². The summed E-state index contributed by atoms with van der Waals surface area (Å²) >= 11 is 0. The second-order valence-electron chi connectivity index (χ2n) is 7.97. The number of nitrogens with zero attached hydrogens (tertiary/aromatic N) is 5. The molecule has 1 N–H and O–H groups in total. The van der Waals surface area contributed by atoms with E-state index in [1.54, 1.807) is 16.7 Å². The molecule has 0 aliphatic rings. The van der Waals surface area contributed by atoms with E-state index in [2.05, 4.69) is 16.4 Å². The van der Waals surface area contributed by atoms with Gasteiger partial charge in [-0.2, -0.15) is 5.26 Å². The normalized spacial score (nSPS) is 11.1. The topological polar surface area (TPSA) is 127 Å². The molecule has 0 aliphatic carbocycles. The highest BCUT2D eigenvalue weighted by Gasteiger charge is 2.22. The number of anilines is 1. The predicted molar refractivity (Wildman–Crippen MR) is 136 cm³/mol. The largest absolute Gasteiger partial charge is 0.307 e. The number of nitrogens with one attached hydrogen (secondary N) is 1. The van der Waals surface area contributed by atoms with Crippen LogP contribution in [0.15, 0.2) is 84.9 Å². The highest BCUT2D eigenvalue weighted by atomic mass is 16.6. The third-order valence-electron chi connectivity index (χ3n) is 5.60. The molecule has 3 aromatic carbocycles. The Labute approximate surface area is 205 Å². The first kappa shape index (κ1) is 22.4. The van der Waals surface area contributed by atoms with E-state index in [9.17, 15) is 20.2 Å². The second kappa shape index (κ2) is 9.48. The van der Waals surface area contributed by atoms with Gasteiger partial charge in [0.15, 0.2) is 5.65 Å². The number of amides is 1. The Balaban J connectivity index is 1.58. The third-order valence-corrected chi connectivity index (χ3v) is 5.60. The number of para-hydroxylation sites is 2. The van der Waals surface area contributed by atoms with Gasteiger partial charge in [0.25, 0.3) is 5.69 Å². The number of benzene rings is 3. The standard InChI is InChI=1S/C27H18N6O3/c28-16-21-25-27(30-23-12-5-4-11-22(23)29-25)32(17-19-7-2-1-3-8-19)26(21)31-24(34)14-13-18-9-6-10-20(15-18)33(35)36/h1-15H,17H2,(H,31,34)/b14-13+. The molecular formula is C27H18N6O3. The van der Waals surface area contributed by atoms with Gasteiger partial charge in [0.05, 0.1) is 22.5 Å². The summed E-state index contributed by atoms with van der Waals surface area (Å²) in [5.41, 5.74) is 3.77. The molecule has 0 fully saturated rings. The van der Waals surface area contributed by atoms with Crippen LogP contribution in [-0.2, 0) is 11.3 Å². The molecule has 1 amide bonds. The molecule has 0 radical (unpaired) electrons. The minimum absolute atomic E-state index is 0.0727. The van der Waals surface area contributed by atoms with Crippen LogP contribution in [0.2, 0.25) is 0 Å². The highest BCUT2D eigenvalue weighted by Crippen LogP contribution is 2.30. The van der Waals surface area contributed by atoms with Gasteiger partial charge in [-0.15, -0.1) is 0 Å². The van der Waals surface area contributed by atoms with E-state index >= 15 is 0 Å².